The maximum absolute atomic E-state index is 12.5. The third-order valence-electron chi connectivity index (χ3n) is 4.08. The number of benzene rings is 1. The second kappa shape index (κ2) is 8.96. The van der Waals surface area contributed by atoms with Gasteiger partial charge >= 0.3 is 0 Å². The van der Waals surface area contributed by atoms with E-state index < -0.39 is 0 Å². The number of thioether (sulfide) groups is 1. The monoisotopic (exact) mass is 334 g/mol. The van der Waals surface area contributed by atoms with Gasteiger partial charge in [0.1, 0.15) is 11.4 Å². The Hall–Kier alpha value is -1.49. The summed E-state index contributed by atoms with van der Waals surface area (Å²) < 4.78 is 0. The van der Waals surface area contributed by atoms with E-state index in [1.165, 1.54) is 12.8 Å². The number of nitrogens with one attached hydrogen (secondary N) is 1. The molecule has 0 aliphatic carbocycles. The van der Waals surface area contributed by atoms with Crippen LogP contribution in [-0.4, -0.2) is 35.1 Å². The fraction of sp³-hybridized carbons (Fsp3) is 0.556. The number of carbonyl (C=O) groups is 2. The summed E-state index contributed by atoms with van der Waals surface area (Å²) in [6.45, 7) is 4.41. The molecular formula is C18H26N2O2S. The lowest BCUT2D eigenvalue weighted by Crippen LogP contribution is -2.47. The topological polar surface area (TPSA) is 49.4 Å². The van der Waals surface area contributed by atoms with Crippen LogP contribution in [-0.2, 0) is 9.59 Å². The van der Waals surface area contributed by atoms with Crippen molar-refractivity contribution >= 4 is 23.6 Å². The largest absolute Gasteiger partial charge is 0.354 e. The highest BCUT2D eigenvalue weighted by Gasteiger charge is 2.40. The van der Waals surface area contributed by atoms with Crippen LogP contribution >= 0.6 is 11.8 Å². The molecule has 2 amide bonds. The number of amides is 2. The summed E-state index contributed by atoms with van der Waals surface area (Å²) in [6, 6.07) is 9.55. The molecule has 1 saturated heterocycles. The first kappa shape index (κ1) is 17.9. The van der Waals surface area contributed by atoms with E-state index in [9.17, 15) is 9.59 Å². The fourth-order valence-corrected chi connectivity index (χ4v) is 4.33. The number of carbonyl (C=O) groups excluding carboxylic acids is 2. The average molecular weight is 334 g/mol. The first-order valence-corrected chi connectivity index (χ1v) is 9.43. The predicted octanol–water partition coefficient (Wildman–Crippen LogP) is 3.35. The van der Waals surface area contributed by atoms with Gasteiger partial charge in [-0.2, -0.15) is 0 Å². The minimum absolute atomic E-state index is 0.0253. The van der Waals surface area contributed by atoms with Crippen molar-refractivity contribution in [2.45, 2.75) is 50.9 Å². The second-order valence-electron chi connectivity index (χ2n) is 5.89. The van der Waals surface area contributed by atoms with E-state index in [4.69, 9.17) is 0 Å². The fourth-order valence-electron chi connectivity index (χ4n) is 2.85. The van der Waals surface area contributed by atoms with E-state index in [2.05, 4.69) is 12.2 Å². The van der Waals surface area contributed by atoms with Crippen LogP contribution in [0.25, 0.3) is 0 Å². The number of rotatable bonds is 7. The lowest BCUT2D eigenvalue weighted by Gasteiger charge is -2.27. The van der Waals surface area contributed by atoms with Crippen LogP contribution in [0.15, 0.2) is 30.3 Å². The van der Waals surface area contributed by atoms with Gasteiger partial charge in [0.25, 0.3) is 0 Å². The summed E-state index contributed by atoms with van der Waals surface area (Å²) in [6.07, 6.45) is 4.52. The maximum atomic E-state index is 12.5. The number of unbranched alkanes of at least 4 members (excludes halogenated alkanes) is 3. The molecule has 23 heavy (non-hydrogen) atoms. The number of hydrogen-bond donors (Lipinski definition) is 1. The molecule has 2 atom stereocenters. The van der Waals surface area contributed by atoms with E-state index in [1.54, 1.807) is 23.6 Å². The minimum Gasteiger partial charge on any atom is -0.354 e. The van der Waals surface area contributed by atoms with E-state index in [1.807, 2.05) is 30.3 Å². The Morgan fingerprint density at radius 2 is 1.96 bits per heavy atom. The van der Waals surface area contributed by atoms with E-state index >= 15 is 0 Å². The van der Waals surface area contributed by atoms with Crippen molar-refractivity contribution in [1.29, 1.82) is 0 Å². The molecule has 4 nitrogen and oxygen atoms in total. The van der Waals surface area contributed by atoms with Gasteiger partial charge in [0.2, 0.25) is 11.8 Å². The predicted molar refractivity (Wildman–Crippen MR) is 95.1 cm³/mol. The molecule has 1 heterocycles. The summed E-state index contributed by atoms with van der Waals surface area (Å²) in [5, 5.41) is 2.93. The molecule has 0 radical (unpaired) electrons. The molecule has 1 fully saturated rings. The Morgan fingerprint density at radius 3 is 2.61 bits per heavy atom. The molecule has 1 aromatic rings. The Bertz CT molecular complexity index is 521. The van der Waals surface area contributed by atoms with Gasteiger partial charge in [-0.15, -0.1) is 11.8 Å². The van der Waals surface area contributed by atoms with Crippen molar-refractivity contribution in [2.75, 3.05) is 12.3 Å². The van der Waals surface area contributed by atoms with Gasteiger partial charge in [-0.05, 0) is 12.0 Å². The van der Waals surface area contributed by atoms with Gasteiger partial charge in [0.05, 0.1) is 0 Å². The molecule has 126 valence electrons. The second-order valence-corrected chi connectivity index (χ2v) is 7.00. The highest BCUT2D eigenvalue weighted by atomic mass is 32.2. The van der Waals surface area contributed by atoms with Crippen molar-refractivity contribution in [3.8, 4) is 0 Å². The van der Waals surface area contributed by atoms with Crippen molar-refractivity contribution in [3.05, 3.63) is 35.9 Å². The van der Waals surface area contributed by atoms with Crippen LogP contribution < -0.4 is 5.32 Å². The van der Waals surface area contributed by atoms with Crippen molar-refractivity contribution in [3.63, 3.8) is 0 Å². The molecule has 1 N–H and O–H groups in total. The summed E-state index contributed by atoms with van der Waals surface area (Å²) in [5.41, 5.74) is 1.07. The van der Waals surface area contributed by atoms with Gasteiger partial charge in [0, 0.05) is 19.2 Å². The summed E-state index contributed by atoms with van der Waals surface area (Å²) in [7, 11) is 0. The van der Waals surface area contributed by atoms with Crippen LogP contribution in [0.3, 0.4) is 0 Å². The quantitative estimate of drug-likeness (QED) is 0.778. The molecule has 1 aliphatic rings. The maximum Gasteiger partial charge on any atom is 0.243 e. The number of nitrogens with zero attached hydrogens (tertiary/aromatic N) is 1. The molecule has 2 rings (SSSR count). The van der Waals surface area contributed by atoms with Gasteiger partial charge in [-0.25, -0.2) is 0 Å². The SMILES string of the molecule is CCCCCCNC(=O)[C@H]1CS[C@H](c2ccccc2)N1C(C)=O. The molecule has 0 aromatic heterocycles. The van der Waals surface area contributed by atoms with E-state index in [0.717, 1.165) is 18.4 Å². The van der Waals surface area contributed by atoms with Gasteiger partial charge in [0.15, 0.2) is 0 Å². The lowest BCUT2D eigenvalue weighted by molar-refractivity contribution is -0.138. The average Bonchev–Trinajstić information content (AvgIpc) is 3.00. The molecule has 5 heteroatoms. The van der Waals surface area contributed by atoms with Crippen LogP contribution in [0.4, 0.5) is 0 Å². The minimum atomic E-state index is -0.367. The molecule has 0 bridgehead atoms. The zero-order chi connectivity index (χ0) is 16.7. The normalized spacial score (nSPS) is 20.5. The highest BCUT2D eigenvalue weighted by Crippen LogP contribution is 2.41. The lowest BCUT2D eigenvalue weighted by atomic mass is 10.1. The van der Waals surface area contributed by atoms with Gasteiger partial charge in [-0.3, -0.25) is 9.59 Å². The highest BCUT2D eigenvalue weighted by molar-refractivity contribution is 7.99. The smallest absolute Gasteiger partial charge is 0.243 e. The van der Waals surface area contributed by atoms with Crippen molar-refractivity contribution in [2.24, 2.45) is 0 Å². The Balaban J connectivity index is 1.96. The van der Waals surface area contributed by atoms with E-state index in [0.29, 0.717) is 12.3 Å². The molecule has 0 saturated carbocycles. The summed E-state index contributed by atoms with van der Waals surface area (Å²) in [5.74, 6) is 0.581. The van der Waals surface area contributed by atoms with Gasteiger partial charge in [-0.1, -0.05) is 56.5 Å². The molecule has 1 aliphatic heterocycles. The third-order valence-corrected chi connectivity index (χ3v) is 5.40. The Labute approximate surface area is 143 Å². The van der Waals surface area contributed by atoms with Crippen molar-refractivity contribution < 1.29 is 9.59 Å². The van der Waals surface area contributed by atoms with E-state index in [-0.39, 0.29) is 23.2 Å². The zero-order valence-corrected chi connectivity index (χ0v) is 14.8. The molecular weight excluding hydrogens is 308 g/mol. The summed E-state index contributed by atoms with van der Waals surface area (Å²) in [4.78, 5) is 26.3. The number of hydrogen-bond acceptors (Lipinski definition) is 3. The van der Waals surface area contributed by atoms with Crippen molar-refractivity contribution in [1.82, 2.24) is 10.2 Å². The van der Waals surface area contributed by atoms with Gasteiger partial charge < -0.3 is 10.2 Å². The molecule has 1 aromatic carbocycles. The standard InChI is InChI=1S/C18H26N2O2S/c1-3-4-5-9-12-19-17(22)16-13-23-18(20(16)14(2)21)15-10-7-6-8-11-15/h6-8,10-11,16,18H,3-5,9,12-13H2,1-2H3,(H,19,22)/t16-,18-/m1/s1. The first-order valence-electron chi connectivity index (χ1n) is 8.38. The third kappa shape index (κ3) is 4.74. The summed E-state index contributed by atoms with van der Waals surface area (Å²) >= 11 is 1.66. The molecule has 0 spiro atoms. The van der Waals surface area contributed by atoms with Crippen LogP contribution in [0, 0.1) is 0 Å². The first-order chi connectivity index (χ1) is 11.1. The van der Waals surface area contributed by atoms with Crippen LogP contribution in [0.5, 0.6) is 0 Å². The van der Waals surface area contributed by atoms with Crippen LogP contribution in [0.1, 0.15) is 50.5 Å². The Morgan fingerprint density at radius 1 is 1.22 bits per heavy atom. The van der Waals surface area contributed by atoms with Crippen LogP contribution in [0.2, 0.25) is 0 Å². The Kier molecular flexibility index (Phi) is 6.96. The molecule has 0 unspecified atom stereocenters. The zero-order valence-electron chi connectivity index (χ0n) is 14.0.